The smallest absolute Gasteiger partial charge is 0.124 e. The van der Waals surface area contributed by atoms with Crippen molar-refractivity contribution in [2.24, 2.45) is 5.41 Å². The average molecular weight is 855 g/mol. The normalized spacial score (nSPS) is 11.6. The molecule has 4 aromatic carbocycles. The molecule has 0 fully saturated rings. The third-order valence-electron chi connectivity index (χ3n) is 8.60. The first-order chi connectivity index (χ1) is 23.4. The molecule has 7 rings (SSSR count). The van der Waals surface area contributed by atoms with Crippen LogP contribution in [0.5, 0.6) is 0 Å². The van der Waals surface area contributed by atoms with Crippen molar-refractivity contribution >= 4 is 35.2 Å². The summed E-state index contributed by atoms with van der Waals surface area (Å²) in [6.45, 7) is 15.5. The quantitative estimate of drug-likeness (QED) is 0.124. The minimum absolute atomic E-state index is 0. The van der Waals surface area contributed by atoms with Crippen LogP contribution in [-0.4, -0.2) is 18.0 Å². The molecule has 257 valence electrons. The van der Waals surface area contributed by atoms with Crippen LogP contribution in [0.2, 0.25) is 19.6 Å². The van der Waals surface area contributed by atoms with Crippen molar-refractivity contribution in [3.63, 3.8) is 0 Å². The largest absolute Gasteiger partial charge is 0.500 e. The van der Waals surface area contributed by atoms with Crippen LogP contribution in [0.3, 0.4) is 0 Å². The number of hydrogen-bond donors (Lipinski definition) is 0. The number of aromatic nitrogens is 2. The molecule has 0 saturated heterocycles. The number of aryl methyl sites for hydroxylation is 1. The van der Waals surface area contributed by atoms with E-state index >= 15 is 0 Å². The van der Waals surface area contributed by atoms with Gasteiger partial charge in [0, 0.05) is 50.1 Å². The zero-order chi connectivity index (χ0) is 34.8. The molecular weight excluding hydrogens is 812 g/mol. The van der Waals surface area contributed by atoms with Gasteiger partial charge in [0.25, 0.3) is 0 Å². The molecule has 3 nitrogen and oxygen atoms in total. The third-order valence-corrected chi connectivity index (χ3v) is 10.7. The van der Waals surface area contributed by atoms with Crippen LogP contribution in [0.4, 0.5) is 4.39 Å². The maximum atomic E-state index is 14.4. The van der Waals surface area contributed by atoms with E-state index in [9.17, 15) is 4.39 Å². The van der Waals surface area contributed by atoms with E-state index in [4.69, 9.17) is 4.42 Å². The Balaban J connectivity index is 0.000000192. The average Bonchev–Trinajstić information content (AvgIpc) is 3.46. The second-order valence-corrected chi connectivity index (χ2v) is 20.0. The summed E-state index contributed by atoms with van der Waals surface area (Å²) in [5.41, 5.74) is 9.32. The number of halogens is 1. The summed E-state index contributed by atoms with van der Waals surface area (Å²) in [6, 6.07) is 38.7. The van der Waals surface area contributed by atoms with Gasteiger partial charge in [0.1, 0.15) is 5.58 Å². The van der Waals surface area contributed by atoms with Crippen LogP contribution in [0.25, 0.3) is 44.5 Å². The van der Waals surface area contributed by atoms with Gasteiger partial charge in [0.2, 0.25) is 0 Å². The first-order valence-electron chi connectivity index (χ1n) is 16.9. The van der Waals surface area contributed by atoms with Gasteiger partial charge in [-0.15, -0.1) is 36.4 Å². The number of furan rings is 1. The van der Waals surface area contributed by atoms with Gasteiger partial charge < -0.3 is 14.4 Å². The van der Waals surface area contributed by atoms with Crippen molar-refractivity contribution in [1.29, 1.82) is 0 Å². The van der Waals surface area contributed by atoms with E-state index in [-0.39, 0.29) is 31.3 Å². The Bertz CT molecular complexity index is 2220. The fourth-order valence-corrected chi connectivity index (χ4v) is 7.85. The summed E-state index contributed by atoms with van der Waals surface area (Å²) in [5.74, 6) is -0.220. The van der Waals surface area contributed by atoms with Crippen molar-refractivity contribution in [2.75, 3.05) is 0 Å². The van der Waals surface area contributed by atoms with E-state index < -0.39 is 8.07 Å². The molecule has 50 heavy (non-hydrogen) atoms. The van der Waals surface area contributed by atoms with Crippen molar-refractivity contribution in [1.82, 2.24) is 9.97 Å². The van der Waals surface area contributed by atoms with Gasteiger partial charge in [-0.2, -0.15) is 0 Å². The molecule has 0 spiro atoms. The maximum Gasteiger partial charge on any atom is 0.124 e. The van der Waals surface area contributed by atoms with Crippen molar-refractivity contribution in [2.45, 2.75) is 60.2 Å². The molecule has 3 aromatic heterocycles. The maximum absolute atomic E-state index is 14.4. The number of hydrogen-bond acceptors (Lipinski definition) is 3. The minimum atomic E-state index is -1.49. The van der Waals surface area contributed by atoms with Gasteiger partial charge in [0.05, 0.1) is 13.7 Å². The number of pyridine rings is 2. The summed E-state index contributed by atoms with van der Waals surface area (Å²) in [7, 11) is -1.49. The minimum Gasteiger partial charge on any atom is -0.500 e. The van der Waals surface area contributed by atoms with E-state index in [1.807, 2.05) is 36.5 Å². The Morgan fingerprint density at radius 1 is 0.740 bits per heavy atom. The second-order valence-electron chi connectivity index (χ2n) is 14.9. The fraction of sp³-hybridized carbons (Fsp3) is 0.227. The van der Waals surface area contributed by atoms with E-state index in [0.717, 1.165) is 46.0 Å². The van der Waals surface area contributed by atoms with E-state index in [2.05, 4.69) is 117 Å². The fourth-order valence-electron chi connectivity index (χ4n) is 6.27. The van der Waals surface area contributed by atoms with Gasteiger partial charge in [-0.05, 0) is 45.6 Å². The summed E-state index contributed by atoms with van der Waals surface area (Å²) < 4.78 is 20.8. The van der Waals surface area contributed by atoms with Gasteiger partial charge >= 0.3 is 0 Å². The van der Waals surface area contributed by atoms with Crippen molar-refractivity contribution in [3.8, 4) is 22.5 Å². The standard InChI is InChI=1S/C24H16NO.C20H27FNSi.Ir/c1-2-8-17(9-3-1)16-18-10-6-11-19-20-12-7-13-21(24(20)26-23(18)19)22-14-4-5-15-25-22;1-14-9-8-10-16(19(14)21)17-11-15(12-20(2,3)4)18(13-22-17)23(5,6)7;/h1-12,14-15H,16H2;8-9,11,13H,12H2,1-7H3;/q2*-1;. The molecule has 0 amide bonds. The van der Waals surface area contributed by atoms with Crippen LogP contribution < -0.4 is 5.19 Å². The van der Waals surface area contributed by atoms with Crippen LogP contribution in [0.1, 0.15) is 43.0 Å². The second kappa shape index (κ2) is 15.3. The van der Waals surface area contributed by atoms with Crippen LogP contribution in [0, 0.1) is 30.3 Å². The predicted molar refractivity (Wildman–Crippen MR) is 204 cm³/mol. The molecule has 0 aliphatic rings. The molecule has 0 N–H and O–H groups in total. The Morgan fingerprint density at radius 3 is 2.14 bits per heavy atom. The van der Waals surface area contributed by atoms with E-state index in [1.54, 1.807) is 25.3 Å². The summed E-state index contributed by atoms with van der Waals surface area (Å²) in [6.07, 6.45) is 5.58. The van der Waals surface area contributed by atoms with Gasteiger partial charge in [-0.3, -0.25) is 4.39 Å². The molecule has 0 bridgehead atoms. The first-order valence-corrected chi connectivity index (χ1v) is 20.4. The van der Waals surface area contributed by atoms with Crippen LogP contribution in [-0.2, 0) is 32.9 Å². The molecule has 3 heterocycles. The topological polar surface area (TPSA) is 38.9 Å². The van der Waals surface area contributed by atoms with Gasteiger partial charge in [0.15, 0.2) is 0 Å². The first kappa shape index (κ1) is 37.0. The predicted octanol–water partition coefficient (Wildman–Crippen LogP) is 11.2. The number of para-hydroxylation sites is 1. The Kier molecular flexibility index (Phi) is 11.4. The zero-order valence-corrected chi connectivity index (χ0v) is 33.2. The number of rotatable bonds is 6. The molecule has 7 aromatic rings. The Morgan fingerprint density at radius 2 is 1.44 bits per heavy atom. The van der Waals surface area contributed by atoms with E-state index in [1.165, 1.54) is 21.9 Å². The molecule has 0 aliphatic carbocycles. The van der Waals surface area contributed by atoms with E-state index in [0.29, 0.717) is 16.8 Å². The zero-order valence-electron chi connectivity index (χ0n) is 29.8. The van der Waals surface area contributed by atoms with Gasteiger partial charge in [-0.1, -0.05) is 142 Å². The van der Waals surface area contributed by atoms with Crippen LogP contribution >= 0.6 is 0 Å². The van der Waals surface area contributed by atoms with Crippen molar-refractivity contribution in [3.05, 3.63) is 150 Å². The molecule has 6 heteroatoms. The van der Waals surface area contributed by atoms with Gasteiger partial charge in [-0.25, -0.2) is 0 Å². The molecule has 0 aliphatic heterocycles. The number of benzene rings is 4. The summed E-state index contributed by atoms with van der Waals surface area (Å²) in [4.78, 5) is 9.04. The molecule has 1 radical (unpaired) electrons. The third kappa shape index (κ3) is 8.38. The number of nitrogens with zero attached hydrogens (tertiary/aromatic N) is 2. The molecule has 0 atom stereocenters. The molecular formula is C44H43FIrN2OSi-2. The monoisotopic (exact) mass is 855 g/mol. The Hall–Kier alpha value is -4.22. The SMILES string of the molecule is Cc1cc[c-]c(-c2cc(CC(C)(C)C)c([Si](C)(C)C)cn2)c1F.[Ir].[c-]1ccc2c(oc3c(Cc4ccccc4)cccc32)c1-c1ccccn1. The number of fused-ring (bicyclic) bond motifs is 3. The van der Waals surface area contributed by atoms with Crippen molar-refractivity contribution < 1.29 is 28.9 Å². The molecule has 0 unspecified atom stereocenters. The molecule has 0 saturated carbocycles. The summed E-state index contributed by atoms with van der Waals surface area (Å²) >= 11 is 0. The summed E-state index contributed by atoms with van der Waals surface area (Å²) in [5, 5.41) is 3.61. The Labute approximate surface area is 310 Å². The van der Waals surface area contributed by atoms with Crippen LogP contribution in [0.15, 0.2) is 114 Å².